The van der Waals surface area contributed by atoms with Gasteiger partial charge in [0.15, 0.2) is 0 Å². The van der Waals surface area contributed by atoms with Crippen molar-refractivity contribution in [2.45, 2.75) is 17.4 Å². The van der Waals surface area contributed by atoms with Crippen LogP contribution in [-0.2, 0) is 18.1 Å². The van der Waals surface area contributed by atoms with Gasteiger partial charge in [-0.05, 0) is 6.07 Å². The number of hydrogen-bond acceptors (Lipinski definition) is 3. The second kappa shape index (κ2) is 8.04. The molecule has 1 aromatic carbocycles. The molecule has 1 atom stereocenters. The number of rotatable bonds is 7. The fourth-order valence-corrected chi connectivity index (χ4v) is 2.89. The average Bonchev–Trinajstić information content (AvgIpc) is 2.31. The summed E-state index contributed by atoms with van der Waals surface area (Å²) in [5.74, 6) is 0. The monoisotopic (exact) mass is 385 g/mol. The highest BCUT2D eigenvalue weighted by molar-refractivity contribution is 7.33. The molecule has 3 nitrogen and oxygen atoms in total. The SMILES string of the molecule is O=[P+](OCCC(F)F)OC(Cl)(Cl)c1cccc(Cl)c1Cl. The molecule has 10 heteroatoms. The highest BCUT2D eigenvalue weighted by Gasteiger charge is 2.42. The minimum Gasteiger partial charge on any atom is -0.210 e. The highest BCUT2D eigenvalue weighted by Crippen LogP contribution is 2.47. The number of halogens is 6. The molecule has 0 aliphatic rings. The van der Waals surface area contributed by atoms with Gasteiger partial charge in [0.1, 0.15) is 6.61 Å². The molecule has 0 aliphatic heterocycles. The topological polar surface area (TPSA) is 35.5 Å². The first-order valence-corrected chi connectivity index (χ1v) is 7.74. The zero-order valence-corrected chi connectivity index (χ0v) is 13.6. The van der Waals surface area contributed by atoms with Crippen LogP contribution in [0.25, 0.3) is 0 Å². The maximum Gasteiger partial charge on any atom is 0.700 e. The molecule has 112 valence electrons. The molecule has 0 radical (unpaired) electrons. The maximum absolute atomic E-state index is 11.9. The van der Waals surface area contributed by atoms with Crippen LogP contribution in [0.3, 0.4) is 0 Å². The van der Waals surface area contributed by atoms with Gasteiger partial charge in [-0.15, -0.1) is 4.52 Å². The molecule has 0 saturated carbocycles. The molecule has 0 fully saturated rings. The van der Waals surface area contributed by atoms with Gasteiger partial charge in [0.05, 0.1) is 10.0 Å². The predicted octanol–water partition coefficient (Wildman–Crippen LogP) is 5.93. The largest absolute Gasteiger partial charge is 0.700 e. The Hall–Kier alpha value is 0.260. The zero-order chi connectivity index (χ0) is 15.3. The van der Waals surface area contributed by atoms with E-state index in [4.69, 9.17) is 50.9 Å². The predicted molar refractivity (Wildman–Crippen MR) is 75.1 cm³/mol. The van der Waals surface area contributed by atoms with Crippen molar-refractivity contribution < 1.29 is 22.4 Å². The van der Waals surface area contributed by atoms with Crippen LogP contribution in [0.5, 0.6) is 0 Å². The second-order valence-corrected chi connectivity index (χ2v) is 6.38. The summed E-state index contributed by atoms with van der Waals surface area (Å²) in [5.41, 5.74) is 0.0656. The Morgan fingerprint density at radius 2 is 1.95 bits per heavy atom. The third-order valence-corrected chi connectivity index (χ3v) is 4.40. The summed E-state index contributed by atoms with van der Waals surface area (Å²) < 4.78 is 42.4. The molecule has 0 bridgehead atoms. The Morgan fingerprint density at radius 1 is 1.30 bits per heavy atom. The molecule has 0 amide bonds. The van der Waals surface area contributed by atoms with Crippen LogP contribution < -0.4 is 0 Å². The van der Waals surface area contributed by atoms with E-state index < -0.39 is 32.2 Å². The summed E-state index contributed by atoms with van der Waals surface area (Å²) >= 11 is 23.4. The quantitative estimate of drug-likeness (QED) is 0.430. The van der Waals surface area contributed by atoms with E-state index >= 15 is 0 Å². The fraction of sp³-hybridized carbons (Fsp3) is 0.400. The van der Waals surface area contributed by atoms with Crippen LogP contribution in [0.1, 0.15) is 12.0 Å². The molecule has 0 aromatic heterocycles. The Labute approximate surface area is 135 Å². The van der Waals surface area contributed by atoms with Gasteiger partial charge in [-0.1, -0.05) is 63.1 Å². The summed E-state index contributed by atoms with van der Waals surface area (Å²) in [6.07, 6.45) is -3.16. The van der Waals surface area contributed by atoms with E-state index in [1.54, 1.807) is 0 Å². The van der Waals surface area contributed by atoms with Crippen molar-refractivity contribution >= 4 is 54.7 Å². The Kier molecular flexibility index (Phi) is 7.36. The van der Waals surface area contributed by atoms with Crippen LogP contribution in [0.2, 0.25) is 10.0 Å². The van der Waals surface area contributed by atoms with Gasteiger partial charge >= 0.3 is 12.8 Å². The molecule has 0 spiro atoms. The molecule has 1 unspecified atom stereocenters. The van der Waals surface area contributed by atoms with Crippen molar-refractivity contribution in [1.82, 2.24) is 0 Å². The zero-order valence-electron chi connectivity index (χ0n) is 9.66. The summed E-state index contributed by atoms with van der Waals surface area (Å²) in [7, 11) is -2.79. The minimum atomic E-state index is -2.79. The summed E-state index contributed by atoms with van der Waals surface area (Å²) in [6, 6.07) is 4.42. The van der Waals surface area contributed by atoms with E-state index in [-0.39, 0.29) is 15.6 Å². The standard InChI is InChI=1S/C10H8Cl4F2O3P/c11-7-3-1-2-6(9(7)12)10(13,14)19-20(17)18-5-4-8(15)16/h1-3,8H,4-5H2/q+1. The first kappa shape index (κ1) is 18.3. The van der Waals surface area contributed by atoms with Gasteiger partial charge in [0.25, 0.3) is 0 Å². The van der Waals surface area contributed by atoms with Crippen molar-refractivity contribution in [2.24, 2.45) is 0 Å². The minimum absolute atomic E-state index is 0.0233. The molecule has 1 rings (SSSR count). The summed E-state index contributed by atoms with van der Waals surface area (Å²) in [6.45, 7) is -0.458. The third-order valence-electron chi connectivity index (χ3n) is 1.99. The van der Waals surface area contributed by atoms with Crippen molar-refractivity contribution in [3.05, 3.63) is 33.8 Å². The molecule has 0 saturated heterocycles. The molecule has 1 aromatic rings. The number of alkyl halides is 4. The summed E-state index contributed by atoms with van der Waals surface area (Å²) in [5, 5.41) is 0.197. The van der Waals surface area contributed by atoms with Gasteiger partial charge in [0, 0.05) is 16.5 Å². The Morgan fingerprint density at radius 3 is 2.55 bits per heavy atom. The highest BCUT2D eigenvalue weighted by atomic mass is 35.5. The van der Waals surface area contributed by atoms with Crippen LogP contribution in [0.15, 0.2) is 18.2 Å². The molecular formula is C10H8Cl4F2O3P+. The van der Waals surface area contributed by atoms with Gasteiger partial charge in [-0.25, -0.2) is 8.78 Å². The lowest BCUT2D eigenvalue weighted by Crippen LogP contribution is -2.13. The van der Waals surface area contributed by atoms with E-state index in [0.717, 1.165) is 0 Å². The van der Waals surface area contributed by atoms with E-state index in [1.165, 1.54) is 18.2 Å². The van der Waals surface area contributed by atoms with Crippen LogP contribution >= 0.6 is 54.7 Å². The van der Waals surface area contributed by atoms with Crippen LogP contribution in [0.4, 0.5) is 8.78 Å². The maximum atomic E-state index is 11.9. The van der Waals surface area contributed by atoms with Gasteiger partial charge in [-0.3, -0.25) is 0 Å². The molecule has 0 N–H and O–H groups in total. The smallest absolute Gasteiger partial charge is 0.210 e. The fourth-order valence-electron chi connectivity index (χ4n) is 1.11. The van der Waals surface area contributed by atoms with Gasteiger partial charge < -0.3 is 0 Å². The Bertz CT molecular complexity index is 488. The van der Waals surface area contributed by atoms with E-state index in [9.17, 15) is 13.3 Å². The van der Waals surface area contributed by atoms with Crippen molar-refractivity contribution in [3.8, 4) is 0 Å². The average molecular weight is 387 g/mol. The lowest BCUT2D eigenvalue weighted by molar-refractivity contribution is 0.106. The van der Waals surface area contributed by atoms with Crippen molar-refractivity contribution in [1.29, 1.82) is 0 Å². The first-order chi connectivity index (χ1) is 9.24. The Balaban J connectivity index is 2.69. The molecule has 20 heavy (non-hydrogen) atoms. The lowest BCUT2D eigenvalue weighted by atomic mass is 10.2. The van der Waals surface area contributed by atoms with Crippen LogP contribution in [-0.4, -0.2) is 13.0 Å². The van der Waals surface area contributed by atoms with Crippen molar-refractivity contribution in [3.63, 3.8) is 0 Å². The second-order valence-electron chi connectivity index (χ2n) is 3.45. The van der Waals surface area contributed by atoms with E-state index in [1.807, 2.05) is 0 Å². The molecule has 0 heterocycles. The molecular weight excluding hydrogens is 379 g/mol. The normalized spacial score (nSPS) is 12.8. The van der Waals surface area contributed by atoms with Crippen LogP contribution in [0, 0.1) is 0 Å². The number of hydrogen-bond donors (Lipinski definition) is 0. The lowest BCUT2D eigenvalue weighted by Gasteiger charge is -2.14. The summed E-state index contributed by atoms with van der Waals surface area (Å²) in [4.78, 5) is 0. The first-order valence-electron chi connectivity index (χ1n) is 5.14. The van der Waals surface area contributed by atoms with Gasteiger partial charge in [-0.2, -0.15) is 0 Å². The molecule has 0 aliphatic carbocycles. The third kappa shape index (κ3) is 5.57. The van der Waals surface area contributed by atoms with E-state index in [2.05, 4.69) is 4.52 Å². The number of benzene rings is 1. The van der Waals surface area contributed by atoms with Crippen molar-refractivity contribution in [2.75, 3.05) is 6.61 Å². The van der Waals surface area contributed by atoms with Gasteiger partial charge in [0.2, 0.25) is 6.43 Å². The van der Waals surface area contributed by atoms with E-state index in [0.29, 0.717) is 0 Å².